The minimum absolute atomic E-state index is 0.915. The van der Waals surface area contributed by atoms with Crippen molar-refractivity contribution < 1.29 is 4.74 Å². The summed E-state index contributed by atoms with van der Waals surface area (Å²) in [5, 5.41) is 0. The van der Waals surface area contributed by atoms with Crippen molar-refractivity contribution in [2.24, 2.45) is 0 Å². The lowest BCUT2D eigenvalue weighted by atomic mass is 9.88. The molecule has 0 N–H and O–H groups in total. The van der Waals surface area contributed by atoms with Crippen LogP contribution in [0.5, 0.6) is 11.5 Å². The Morgan fingerprint density at radius 2 is 0.426 bits per heavy atom. The minimum atomic E-state index is 0.915. The van der Waals surface area contributed by atoms with Crippen molar-refractivity contribution in [2.75, 3.05) is 0 Å². The molecule has 0 aliphatic heterocycles. The molecule has 0 aliphatic rings. The molecule has 8 rings (SSSR count). The maximum Gasteiger partial charge on any atom is 0.130 e. The zero-order valence-electron chi connectivity index (χ0n) is 35.5. The van der Waals surface area contributed by atoms with Crippen LogP contribution in [-0.2, 0) is 77.0 Å². The summed E-state index contributed by atoms with van der Waals surface area (Å²) in [5.74, 6) is 1.99. The molecule has 0 spiro atoms. The van der Waals surface area contributed by atoms with Crippen LogP contribution in [-0.4, -0.2) is 0 Å². The average molecular weight is 795 g/mol. The van der Waals surface area contributed by atoms with Crippen LogP contribution in [0.25, 0.3) is 0 Å². The molecule has 61 heavy (non-hydrogen) atoms. The molecule has 0 heterocycles. The van der Waals surface area contributed by atoms with Gasteiger partial charge < -0.3 is 4.74 Å². The van der Waals surface area contributed by atoms with E-state index in [9.17, 15) is 0 Å². The monoisotopic (exact) mass is 794 g/mol. The first-order valence-electron chi connectivity index (χ1n) is 22.4. The van der Waals surface area contributed by atoms with E-state index in [0.717, 1.165) is 88.5 Å². The van der Waals surface area contributed by atoms with Crippen LogP contribution in [0, 0.1) is 0 Å². The van der Waals surface area contributed by atoms with Crippen molar-refractivity contribution in [2.45, 2.75) is 77.0 Å². The summed E-state index contributed by atoms with van der Waals surface area (Å²) in [6.07, 6.45) is 11.7. The topological polar surface area (TPSA) is 9.23 Å². The maximum absolute atomic E-state index is 7.44. The van der Waals surface area contributed by atoms with E-state index in [0.29, 0.717) is 0 Å². The van der Waals surface area contributed by atoms with Gasteiger partial charge in [0.15, 0.2) is 0 Å². The molecule has 0 atom stereocenters. The molecule has 0 saturated heterocycles. The lowest BCUT2D eigenvalue weighted by molar-refractivity contribution is 0.466. The molecular formula is C60H58O. The second kappa shape index (κ2) is 21.7. The molecule has 0 aromatic heterocycles. The van der Waals surface area contributed by atoms with Gasteiger partial charge in [0, 0.05) is 0 Å². The van der Waals surface area contributed by atoms with Gasteiger partial charge in [-0.25, -0.2) is 0 Å². The van der Waals surface area contributed by atoms with Crippen molar-refractivity contribution in [1.82, 2.24) is 0 Å². The summed E-state index contributed by atoms with van der Waals surface area (Å²) in [6, 6.07) is 75.1. The molecule has 0 radical (unpaired) electrons. The molecule has 304 valence electrons. The van der Waals surface area contributed by atoms with Crippen molar-refractivity contribution in [3.8, 4) is 11.5 Å². The fourth-order valence-corrected chi connectivity index (χ4v) is 8.89. The second-order valence-corrected chi connectivity index (χ2v) is 16.4. The van der Waals surface area contributed by atoms with Gasteiger partial charge in [0.25, 0.3) is 0 Å². The molecule has 0 saturated carbocycles. The fourth-order valence-electron chi connectivity index (χ4n) is 8.89. The maximum atomic E-state index is 7.44. The largest absolute Gasteiger partial charge is 0.457 e. The predicted octanol–water partition coefficient (Wildman–Crippen LogP) is 14.2. The zero-order chi connectivity index (χ0) is 41.3. The molecule has 8 aromatic carbocycles. The van der Waals surface area contributed by atoms with Gasteiger partial charge in [0.05, 0.1) is 0 Å². The molecular weight excluding hydrogens is 737 g/mol. The quantitative estimate of drug-likeness (QED) is 0.0747. The standard InChI is InChI=1S/C60H58O/c1-7-19-47(20-8-1)31-37-53-39-45-59(57(43-35-51-27-15-5-16-28-51)55(53)41-33-49-23-11-3-12-24-49)61-60-46-40-54(38-32-48-21-9-2-10-22-48)56(42-34-50-25-13-4-14-26-50)58(60)44-36-52-29-17-6-18-30-52/h1-30,39-40,45-46H,31-38,41-44H2. The Morgan fingerprint density at radius 1 is 0.197 bits per heavy atom. The van der Waals surface area contributed by atoms with E-state index in [4.69, 9.17) is 4.74 Å². The summed E-state index contributed by atoms with van der Waals surface area (Å²) >= 11 is 0. The molecule has 0 bridgehead atoms. The summed E-state index contributed by atoms with van der Waals surface area (Å²) in [5.41, 5.74) is 16.6. The Morgan fingerprint density at radius 3 is 0.689 bits per heavy atom. The van der Waals surface area contributed by atoms with Crippen LogP contribution < -0.4 is 4.74 Å². The van der Waals surface area contributed by atoms with E-state index in [1.54, 1.807) is 0 Å². The zero-order valence-corrected chi connectivity index (χ0v) is 35.5. The summed E-state index contributed by atoms with van der Waals surface area (Å²) < 4.78 is 7.44. The third-order valence-electron chi connectivity index (χ3n) is 12.3. The van der Waals surface area contributed by atoms with Gasteiger partial charge in [0.2, 0.25) is 0 Å². The van der Waals surface area contributed by atoms with Gasteiger partial charge in [-0.15, -0.1) is 0 Å². The molecule has 0 amide bonds. The van der Waals surface area contributed by atoms with Crippen LogP contribution in [0.1, 0.15) is 66.8 Å². The lowest BCUT2D eigenvalue weighted by Gasteiger charge is -2.23. The van der Waals surface area contributed by atoms with E-state index in [1.165, 1.54) is 66.8 Å². The Labute approximate surface area is 364 Å². The van der Waals surface area contributed by atoms with Crippen LogP contribution in [0.2, 0.25) is 0 Å². The summed E-state index contributed by atoms with van der Waals surface area (Å²) in [4.78, 5) is 0. The fraction of sp³-hybridized carbons (Fsp3) is 0.200. The molecule has 0 unspecified atom stereocenters. The normalized spacial score (nSPS) is 11.1. The molecule has 1 nitrogen and oxygen atoms in total. The highest BCUT2D eigenvalue weighted by Gasteiger charge is 2.20. The number of hydrogen-bond acceptors (Lipinski definition) is 1. The predicted molar refractivity (Wildman–Crippen MR) is 256 cm³/mol. The van der Waals surface area contributed by atoms with E-state index < -0.39 is 0 Å². The van der Waals surface area contributed by atoms with Gasteiger partial charge in [-0.1, -0.05) is 194 Å². The van der Waals surface area contributed by atoms with Gasteiger partial charge >= 0.3 is 0 Å². The van der Waals surface area contributed by atoms with Crippen LogP contribution >= 0.6 is 0 Å². The highest BCUT2D eigenvalue weighted by Crippen LogP contribution is 2.37. The third-order valence-corrected chi connectivity index (χ3v) is 12.3. The van der Waals surface area contributed by atoms with Gasteiger partial charge in [-0.05, 0) is 156 Å². The van der Waals surface area contributed by atoms with E-state index >= 15 is 0 Å². The van der Waals surface area contributed by atoms with Crippen LogP contribution in [0.4, 0.5) is 0 Å². The van der Waals surface area contributed by atoms with Crippen molar-refractivity contribution in [3.63, 3.8) is 0 Å². The van der Waals surface area contributed by atoms with Gasteiger partial charge in [-0.3, -0.25) is 0 Å². The van der Waals surface area contributed by atoms with E-state index in [-0.39, 0.29) is 0 Å². The Balaban J connectivity index is 1.21. The van der Waals surface area contributed by atoms with Crippen molar-refractivity contribution in [1.29, 1.82) is 0 Å². The minimum Gasteiger partial charge on any atom is -0.457 e. The number of ether oxygens (including phenoxy) is 1. The number of rotatable bonds is 20. The Kier molecular flexibility index (Phi) is 14.7. The summed E-state index contributed by atoms with van der Waals surface area (Å²) in [6.45, 7) is 0. The number of benzene rings is 8. The SMILES string of the molecule is c1ccc(CCc2ccc(Oc3ccc(CCc4ccccc4)c(CCc4ccccc4)c3CCc3ccccc3)c(CCc3ccccc3)c2CCc2ccccc2)cc1. The average Bonchev–Trinajstić information content (AvgIpc) is 3.33. The van der Waals surface area contributed by atoms with Gasteiger partial charge in [-0.2, -0.15) is 0 Å². The first kappa shape index (κ1) is 41.3. The smallest absolute Gasteiger partial charge is 0.130 e. The van der Waals surface area contributed by atoms with Crippen molar-refractivity contribution in [3.05, 3.63) is 273 Å². The summed E-state index contributed by atoms with van der Waals surface area (Å²) in [7, 11) is 0. The first-order chi connectivity index (χ1) is 30.2. The first-order valence-corrected chi connectivity index (χ1v) is 22.4. The Bertz CT molecular complexity index is 2330. The van der Waals surface area contributed by atoms with Crippen LogP contribution in [0.15, 0.2) is 206 Å². The molecule has 8 aromatic rings. The van der Waals surface area contributed by atoms with Crippen molar-refractivity contribution >= 4 is 0 Å². The molecule has 0 aliphatic carbocycles. The third kappa shape index (κ3) is 11.9. The van der Waals surface area contributed by atoms with E-state index in [1.807, 2.05) is 0 Å². The van der Waals surface area contributed by atoms with Gasteiger partial charge in [0.1, 0.15) is 11.5 Å². The highest BCUT2D eigenvalue weighted by atomic mass is 16.5. The highest BCUT2D eigenvalue weighted by molar-refractivity contribution is 5.53. The van der Waals surface area contributed by atoms with Crippen LogP contribution in [0.3, 0.4) is 0 Å². The number of aryl methyl sites for hydroxylation is 8. The Hall–Kier alpha value is -6.44. The van der Waals surface area contributed by atoms with E-state index in [2.05, 4.69) is 206 Å². The number of hydrogen-bond donors (Lipinski definition) is 0. The molecule has 0 fully saturated rings. The lowest BCUT2D eigenvalue weighted by Crippen LogP contribution is -2.10. The molecule has 1 heteroatoms. The second-order valence-electron chi connectivity index (χ2n) is 16.4.